The quantitative estimate of drug-likeness (QED) is 0.580. The van der Waals surface area contributed by atoms with Crippen LogP contribution >= 0.6 is 23.1 Å². The Bertz CT molecular complexity index is 833. The van der Waals surface area contributed by atoms with E-state index in [0.717, 1.165) is 17.1 Å². The van der Waals surface area contributed by atoms with Crippen molar-refractivity contribution in [2.45, 2.75) is 13.8 Å². The average Bonchev–Trinajstić information content (AvgIpc) is 3.29. The summed E-state index contributed by atoms with van der Waals surface area (Å²) in [6, 6.07) is 12.1. The molecule has 0 radical (unpaired) electrons. The number of thiophene rings is 1. The third kappa shape index (κ3) is 4.46. The van der Waals surface area contributed by atoms with Crippen LogP contribution in [0.5, 0.6) is 0 Å². The number of aryl methyl sites for hydroxylation is 1. The minimum Gasteiger partial charge on any atom is -0.364 e. The first kappa shape index (κ1) is 16.7. The molecule has 0 saturated heterocycles. The number of aromatic nitrogens is 2. The zero-order valence-corrected chi connectivity index (χ0v) is 15.2. The van der Waals surface area contributed by atoms with Crippen LogP contribution in [-0.2, 0) is 0 Å². The molecule has 4 heterocycles. The highest BCUT2D eigenvalue weighted by molar-refractivity contribution is 8.08. The van der Waals surface area contributed by atoms with Crippen LogP contribution in [0.15, 0.2) is 71.1 Å². The topological polar surface area (TPSA) is 38.9 Å². The number of thioether (sulfide) groups is 1. The van der Waals surface area contributed by atoms with E-state index >= 15 is 0 Å². The van der Waals surface area contributed by atoms with Crippen molar-refractivity contribution >= 4 is 28.0 Å². The number of pyridine rings is 1. The molecule has 0 spiro atoms. The molecular formula is C19H18N2OS2. The van der Waals surface area contributed by atoms with Crippen molar-refractivity contribution < 1.29 is 4.52 Å². The molecule has 1 aliphatic rings. The maximum absolute atomic E-state index is 4.77. The zero-order valence-electron chi connectivity index (χ0n) is 13.6. The maximum Gasteiger partial charge on any atom is 0.124 e. The van der Waals surface area contributed by atoms with E-state index in [4.69, 9.17) is 4.52 Å². The summed E-state index contributed by atoms with van der Waals surface area (Å²) in [7, 11) is 0. The van der Waals surface area contributed by atoms with Gasteiger partial charge in [0.05, 0.1) is 10.6 Å². The van der Waals surface area contributed by atoms with Crippen LogP contribution in [0.4, 0.5) is 0 Å². The molecule has 24 heavy (non-hydrogen) atoms. The Kier molecular flexibility index (Phi) is 5.67. The molecule has 0 bridgehead atoms. The molecule has 3 aromatic rings. The van der Waals surface area contributed by atoms with Gasteiger partial charge < -0.3 is 4.52 Å². The highest BCUT2D eigenvalue weighted by atomic mass is 32.2. The van der Waals surface area contributed by atoms with Crippen LogP contribution in [-0.4, -0.2) is 15.9 Å². The number of rotatable bonds is 2. The van der Waals surface area contributed by atoms with Crippen LogP contribution in [0.1, 0.15) is 17.5 Å². The zero-order chi connectivity index (χ0) is 16.8. The van der Waals surface area contributed by atoms with E-state index in [2.05, 4.69) is 48.3 Å². The smallest absolute Gasteiger partial charge is 0.124 e. The lowest BCUT2D eigenvalue weighted by molar-refractivity contribution is 0.418. The number of hydrogen-bond acceptors (Lipinski definition) is 5. The third-order valence-corrected chi connectivity index (χ3v) is 5.60. The number of nitrogens with zero attached hydrogens (tertiary/aromatic N) is 2. The van der Waals surface area contributed by atoms with Crippen LogP contribution in [0, 0.1) is 6.92 Å². The van der Waals surface area contributed by atoms with Crippen molar-refractivity contribution in [3.63, 3.8) is 0 Å². The molecule has 0 aliphatic carbocycles. The van der Waals surface area contributed by atoms with Crippen molar-refractivity contribution in [1.82, 2.24) is 10.1 Å². The molecule has 0 N–H and O–H groups in total. The fourth-order valence-corrected chi connectivity index (χ4v) is 3.83. The van der Waals surface area contributed by atoms with Crippen molar-refractivity contribution in [2.75, 3.05) is 5.75 Å². The Morgan fingerprint density at radius 1 is 1.00 bits per heavy atom. The summed E-state index contributed by atoms with van der Waals surface area (Å²) in [4.78, 5) is 8.03. The van der Waals surface area contributed by atoms with Gasteiger partial charge in [-0.1, -0.05) is 22.9 Å². The van der Waals surface area contributed by atoms with Crippen molar-refractivity contribution in [1.29, 1.82) is 0 Å². The minimum atomic E-state index is 0.934. The summed E-state index contributed by atoms with van der Waals surface area (Å²) in [5.74, 6) is 1.05. The largest absolute Gasteiger partial charge is 0.364 e. The fraction of sp³-hybridized carbons (Fsp3) is 0.158. The van der Waals surface area contributed by atoms with E-state index in [1.807, 2.05) is 30.5 Å². The minimum absolute atomic E-state index is 0.934. The molecule has 3 nitrogen and oxygen atoms in total. The summed E-state index contributed by atoms with van der Waals surface area (Å²) >= 11 is 3.58. The molecule has 122 valence electrons. The van der Waals surface area contributed by atoms with Gasteiger partial charge in [0.25, 0.3) is 0 Å². The summed E-state index contributed by atoms with van der Waals surface area (Å²) in [5, 5.41) is 3.87. The van der Waals surface area contributed by atoms with E-state index in [-0.39, 0.29) is 0 Å². The first-order valence-corrected chi connectivity index (χ1v) is 9.41. The second-order valence-electron chi connectivity index (χ2n) is 5.34. The van der Waals surface area contributed by atoms with Gasteiger partial charge in [-0.2, -0.15) is 0 Å². The van der Waals surface area contributed by atoms with Gasteiger partial charge in [-0.3, -0.25) is 4.98 Å². The van der Waals surface area contributed by atoms with Gasteiger partial charge >= 0.3 is 0 Å². The molecule has 1 aliphatic heterocycles. The lowest BCUT2D eigenvalue weighted by Gasteiger charge is -2.07. The van der Waals surface area contributed by atoms with E-state index in [1.165, 1.54) is 20.2 Å². The predicted octanol–water partition coefficient (Wildman–Crippen LogP) is 5.83. The third-order valence-electron chi connectivity index (χ3n) is 3.32. The number of hydrogen-bond donors (Lipinski definition) is 0. The van der Waals surface area contributed by atoms with Crippen LogP contribution < -0.4 is 0 Å². The molecule has 3 aromatic heterocycles. The van der Waals surface area contributed by atoms with Gasteiger partial charge in [-0.05, 0) is 44.2 Å². The van der Waals surface area contributed by atoms with Gasteiger partial charge in [0.2, 0.25) is 0 Å². The lowest BCUT2D eigenvalue weighted by Crippen LogP contribution is -1.89. The van der Waals surface area contributed by atoms with Gasteiger partial charge in [0.1, 0.15) is 12.0 Å². The molecule has 0 amide bonds. The van der Waals surface area contributed by atoms with Gasteiger partial charge in [0.15, 0.2) is 0 Å². The molecule has 0 atom stereocenters. The Labute approximate surface area is 150 Å². The second kappa shape index (κ2) is 8.13. The molecule has 5 heteroatoms. The summed E-state index contributed by atoms with van der Waals surface area (Å²) < 4.78 is 4.77. The first-order chi connectivity index (χ1) is 11.7. The highest BCUT2D eigenvalue weighted by Crippen LogP contribution is 2.31. The molecular weight excluding hydrogens is 336 g/mol. The Morgan fingerprint density at radius 2 is 1.92 bits per heavy atom. The lowest BCUT2D eigenvalue weighted by atomic mass is 10.3. The van der Waals surface area contributed by atoms with Crippen LogP contribution in [0.3, 0.4) is 0 Å². The Hall–Kier alpha value is -2.11. The van der Waals surface area contributed by atoms with Gasteiger partial charge in [-0.15, -0.1) is 23.1 Å². The summed E-state index contributed by atoms with van der Waals surface area (Å²) in [6.45, 7) is 4.24. The molecule has 0 fully saturated rings. The normalized spacial score (nSPS) is 13.6. The van der Waals surface area contributed by atoms with E-state index in [0.29, 0.717) is 0 Å². The van der Waals surface area contributed by atoms with E-state index in [9.17, 15) is 0 Å². The Balaban J connectivity index is 0.000000141. The fourth-order valence-electron chi connectivity index (χ4n) is 2.09. The predicted molar refractivity (Wildman–Crippen MR) is 103 cm³/mol. The SMILES string of the molecule is CC1=CC=C(c2ccon2)SC1.Cc1ccc(-c2ccccn2)s1. The van der Waals surface area contributed by atoms with Crippen molar-refractivity contribution in [3.8, 4) is 10.6 Å². The summed E-state index contributed by atoms with van der Waals surface area (Å²) in [5.41, 5.74) is 3.39. The van der Waals surface area contributed by atoms with Gasteiger partial charge in [-0.25, -0.2) is 0 Å². The molecule has 0 unspecified atom stereocenters. The maximum atomic E-state index is 4.77. The monoisotopic (exact) mass is 354 g/mol. The van der Waals surface area contributed by atoms with Crippen LogP contribution in [0.2, 0.25) is 0 Å². The Morgan fingerprint density at radius 3 is 2.50 bits per heavy atom. The highest BCUT2D eigenvalue weighted by Gasteiger charge is 2.08. The standard InChI is InChI=1S/C10H9NS.C9H9NOS/c1-8-5-6-10(12-8)9-4-2-3-7-11-9;1-7-2-3-9(12-6-7)8-4-5-11-10-8/h2-7H,1H3;2-5H,6H2,1H3. The molecule has 0 aromatic carbocycles. The second-order valence-corrected chi connectivity index (χ2v) is 7.65. The molecule has 0 saturated carbocycles. The van der Waals surface area contributed by atoms with E-state index in [1.54, 1.807) is 29.4 Å². The van der Waals surface area contributed by atoms with Crippen molar-refractivity contribution in [3.05, 3.63) is 77.2 Å². The average molecular weight is 354 g/mol. The van der Waals surface area contributed by atoms with E-state index < -0.39 is 0 Å². The summed E-state index contributed by atoms with van der Waals surface area (Å²) in [6.07, 6.45) is 7.63. The van der Waals surface area contributed by atoms with Gasteiger partial charge in [0, 0.05) is 27.8 Å². The first-order valence-electron chi connectivity index (χ1n) is 7.61. The van der Waals surface area contributed by atoms with Crippen molar-refractivity contribution in [2.24, 2.45) is 0 Å². The number of allylic oxidation sites excluding steroid dienone is 2. The molecule has 4 rings (SSSR count). The van der Waals surface area contributed by atoms with Crippen LogP contribution in [0.25, 0.3) is 15.5 Å².